The Morgan fingerprint density at radius 3 is 2.53 bits per heavy atom. The molecule has 0 amide bonds. The zero-order valence-corrected chi connectivity index (χ0v) is 19.1. The average Bonchev–Trinajstić information content (AvgIpc) is 2.74. The summed E-state index contributed by atoms with van der Waals surface area (Å²) in [5, 5.41) is 7.08. The summed E-state index contributed by atoms with van der Waals surface area (Å²) < 4.78 is 10.9. The summed E-state index contributed by atoms with van der Waals surface area (Å²) in [6.45, 7) is 11.2. The number of methoxy groups -OCH3 is 1. The van der Waals surface area contributed by atoms with Gasteiger partial charge in [0.15, 0.2) is 5.96 Å². The molecule has 30 heavy (non-hydrogen) atoms. The Labute approximate surface area is 182 Å². The molecule has 1 saturated carbocycles. The minimum Gasteiger partial charge on any atom is -0.385 e. The summed E-state index contributed by atoms with van der Waals surface area (Å²) >= 11 is 0. The van der Waals surface area contributed by atoms with Crippen molar-refractivity contribution in [3.63, 3.8) is 0 Å². The Bertz CT molecular complexity index is 652. The predicted molar refractivity (Wildman–Crippen MR) is 123 cm³/mol. The molecule has 1 aliphatic heterocycles. The molecule has 6 heteroatoms. The Kier molecular flexibility index (Phi) is 8.97. The van der Waals surface area contributed by atoms with Crippen molar-refractivity contribution in [2.75, 3.05) is 59.7 Å². The summed E-state index contributed by atoms with van der Waals surface area (Å²) in [7, 11) is 1.79. The smallest absolute Gasteiger partial charge is 0.191 e. The van der Waals surface area contributed by atoms with E-state index in [0.717, 1.165) is 64.9 Å². The highest BCUT2D eigenvalue weighted by Gasteiger charge is 2.36. The summed E-state index contributed by atoms with van der Waals surface area (Å²) in [4.78, 5) is 7.51. The lowest BCUT2D eigenvalue weighted by Gasteiger charge is -2.41. The zero-order chi connectivity index (χ0) is 21.2. The lowest BCUT2D eigenvalue weighted by Crippen LogP contribution is -2.46. The highest BCUT2D eigenvalue weighted by molar-refractivity contribution is 5.79. The maximum Gasteiger partial charge on any atom is 0.191 e. The van der Waals surface area contributed by atoms with E-state index in [2.05, 4.69) is 53.6 Å². The topological polar surface area (TPSA) is 58.1 Å². The van der Waals surface area contributed by atoms with E-state index in [0.29, 0.717) is 11.5 Å². The number of hydrogen-bond acceptors (Lipinski definition) is 4. The third-order valence-corrected chi connectivity index (χ3v) is 6.58. The van der Waals surface area contributed by atoms with Crippen LogP contribution in [0.25, 0.3) is 0 Å². The van der Waals surface area contributed by atoms with E-state index in [9.17, 15) is 0 Å². The summed E-state index contributed by atoms with van der Waals surface area (Å²) in [6.07, 6.45) is 4.94. The van der Waals surface area contributed by atoms with Gasteiger partial charge in [-0.05, 0) is 44.1 Å². The zero-order valence-electron chi connectivity index (χ0n) is 19.1. The first-order valence-electron chi connectivity index (χ1n) is 11.6. The molecule has 6 nitrogen and oxygen atoms in total. The normalized spacial score (nSPS) is 20.4. The first kappa shape index (κ1) is 23.0. The van der Waals surface area contributed by atoms with E-state index in [4.69, 9.17) is 14.5 Å². The Morgan fingerprint density at radius 1 is 1.20 bits per heavy atom. The molecule has 1 atom stereocenters. The lowest BCUT2D eigenvalue weighted by molar-refractivity contribution is 0.0170. The maximum absolute atomic E-state index is 5.59. The number of aryl methyl sites for hydroxylation is 1. The van der Waals surface area contributed by atoms with Crippen molar-refractivity contribution in [1.29, 1.82) is 0 Å². The third kappa shape index (κ3) is 6.43. The highest BCUT2D eigenvalue weighted by atomic mass is 16.5. The summed E-state index contributed by atoms with van der Waals surface area (Å²) in [5.41, 5.74) is 2.98. The van der Waals surface area contributed by atoms with Crippen molar-refractivity contribution in [3.8, 4) is 0 Å². The third-order valence-electron chi connectivity index (χ3n) is 6.58. The van der Waals surface area contributed by atoms with Gasteiger partial charge in [0.25, 0.3) is 0 Å². The van der Waals surface area contributed by atoms with Gasteiger partial charge in [0, 0.05) is 46.4 Å². The van der Waals surface area contributed by atoms with Crippen molar-refractivity contribution in [1.82, 2.24) is 15.5 Å². The van der Waals surface area contributed by atoms with E-state index in [1.54, 1.807) is 7.11 Å². The second-order valence-electron chi connectivity index (χ2n) is 8.75. The molecular weight excluding hydrogens is 376 g/mol. The number of nitrogens with zero attached hydrogens (tertiary/aromatic N) is 2. The van der Waals surface area contributed by atoms with Gasteiger partial charge in [-0.2, -0.15) is 0 Å². The Balaban J connectivity index is 1.66. The fourth-order valence-corrected chi connectivity index (χ4v) is 4.40. The number of hydrogen-bond donors (Lipinski definition) is 2. The summed E-state index contributed by atoms with van der Waals surface area (Å²) in [6, 6.07) is 9.24. The van der Waals surface area contributed by atoms with Crippen LogP contribution in [0.15, 0.2) is 29.3 Å². The van der Waals surface area contributed by atoms with Crippen LogP contribution in [0.2, 0.25) is 0 Å². The molecule has 0 radical (unpaired) electrons. The predicted octanol–water partition coefficient (Wildman–Crippen LogP) is 3.13. The summed E-state index contributed by atoms with van der Waals surface area (Å²) in [5.74, 6) is 0.923. The van der Waals surface area contributed by atoms with E-state index in [1.165, 1.54) is 30.4 Å². The Hall–Kier alpha value is -1.63. The van der Waals surface area contributed by atoms with Gasteiger partial charge >= 0.3 is 0 Å². The van der Waals surface area contributed by atoms with Gasteiger partial charge in [0.2, 0.25) is 0 Å². The fourth-order valence-electron chi connectivity index (χ4n) is 4.40. The van der Waals surface area contributed by atoms with Gasteiger partial charge in [-0.1, -0.05) is 36.2 Å². The van der Waals surface area contributed by atoms with Crippen molar-refractivity contribution < 1.29 is 9.47 Å². The lowest BCUT2D eigenvalue weighted by atomic mass is 9.67. The van der Waals surface area contributed by atoms with Gasteiger partial charge in [-0.25, -0.2) is 0 Å². The molecule has 0 aromatic heterocycles. The van der Waals surface area contributed by atoms with Gasteiger partial charge < -0.3 is 20.1 Å². The van der Waals surface area contributed by atoms with E-state index >= 15 is 0 Å². The minimum absolute atomic E-state index is 0.310. The Morgan fingerprint density at radius 2 is 1.93 bits per heavy atom. The molecule has 1 unspecified atom stereocenters. The molecule has 2 fully saturated rings. The van der Waals surface area contributed by atoms with Crippen LogP contribution < -0.4 is 10.6 Å². The molecule has 1 aromatic carbocycles. The molecule has 2 aliphatic rings. The number of aliphatic imine (C=N–C) groups is 1. The number of guanidine groups is 1. The van der Waals surface area contributed by atoms with Gasteiger partial charge in [0.1, 0.15) is 0 Å². The van der Waals surface area contributed by atoms with E-state index < -0.39 is 0 Å². The molecule has 168 valence electrons. The number of rotatable bonds is 10. The number of morpholine rings is 1. The standard InChI is InChI=1S/C24H40N4O2/c1-4-25-23(27-19-24(10-5-11-24)12-15-29-3)26-18-22(28-13-16-30-17-14-28)21-8-6-20(2)7-9-21/h6-9,22H,4-5,10-19H2,1-3H3,(H2,25,26,27). The molecule has 0 bridgehead atoms. The van der Waals surface area contributed by atoms with Crippen molar-refractivity contribution >= 4 is 5.96 Å². The van der Waals surface area contributed by atoms with Crippen molar-refractivity contribution in [2.24, 2.45) is 10.4 Å². The van der Waals surface area contributed by atoms with Crippen molar-refractivity contribution in [3.05, 3.63) is 35.4 Å². The first-order valence-corrected chi connectivity index (χ1v) is 11.6. The van der Waals surface area contributed by atoms with Crippen LogP contribution in [0.1, 0.15) is 49.8 Å². The van der Waals surface area contributed by atoms with Crippen LogP contribution in [-0.4, -0.2) is 70.5 Å². The van der Waals surface area contributed by atoms with Crippen LogP contribution in [0.3, 0.4) is 0 Å². The molecule has 2 N–H and O–H groups in total. The van der Waals surface area contributed by atoms with Crippen molar-refractivity contribution in [2.45, 2.75) is 45.6 Å². The molecular formula is C24H40N4O2. The SMILES string of the molecule is CCNC(=NCC1(CCOC)CCC1)NCC(c1ccc(C)cc1)N1CCOCC1. The van der Waals surface area contributed by atoms with Gasteiger partial charge in [-0.3, -0.25) is 9.89 Å². The number of benzene rings is 1. The first-order chi connectivity index (χ1) is 14.7. The van der Waals surface area contributed by atoms with E-state index in [1.807, 2.05) is 0 Å². The average molecular weight is 417 g/mol. The van der Waals surface area contributed by atoms with Gasteiger partial charge in [0.05, 0.1) is 19.3 Å². The minimum atomic E-state index is 0.310. The fraction of sp³-hybridized carbons (Fsp3) is 0.708. The molecule has 1 aliphatic carbocycles. The molecule has 1 aromatic rings. The maximum atomic E-state index is 5.59. The largest absolute Gasteiger partial charge is 0.385 e. The second kappa shape index (κ2) is 11.7. The highest BCUT2D eigenvalue weighted by Crippen LogP contribution is 2.44. The van der Waals surface area contributed by atoms with Crippen LogP contribution in [0, 0.1) is 12.3 Å². The monoisotopic (exact) mass is 416 g/mol. The number of nitrogens with one attached hydrogen (secondary N) is 2. The molecule has 1 heterocycles. The van der Waals surface area contributed by atoms with Crippen LogP contribution in [0.4, 0.5) is 0 Å². The van der Waals surface area contributed by atoms with Crippen LogP contribution in [-0.2, 0) is 9.47 Å². The molecule has 3 rings (SSSR count). The van der Waals surface area contributed by atoms with Crippen LogP contribution >= 0.6 is 0 Å². The second-order valence-corrected chi connectivity index (χ2v) is 8.75. The number of ether oxygens (including phenoxy) is 2. The van der Waals surface area contributed by atoms with Gasteiger partial charge in [-0.15, -0.1) is 0 Å². The molecule has 0 spiro atoms. The molecule has 1 saturated heterocycles. The quantitative estimate of drug-likeness (QED) is 0.453. The van der Waals surface area contributed by atoms with E-state index in [-0.39, 0.29) is 0 Å². The van der Waals surface area contributed by atoms with Crippen LogP contribution in [0.5, 0.6) is 0 Å².